The van der Waals surface area contributed by atoms with E-state index in [1.54, 1.807) is 36.2 Å². The van der Waals surface area contributed by atoms with Gasteiger partial charge in [-0.2, -0.15) is 4.98 Å². The predicted octanol–water partition coefficient (Wildman–Crippen LogP) is 5.00. The van der Waals surface area contributed by atoms with Crippen LogP contribution in [0.2, 0.25) is 0 Å². The standard InChI is InChI=1S/C28H36FN7O3/c1-5-19(3)18-34(6-2)28-31-20(4)25(39-28)26(37)32-21-11-12-24(30-17-21)35-13-15-36(16-14-35)27(38)33-23-10-8-7-9-22(23)29/h7-12,17,19H,5-6,13-16,18H2,1-4H3,(H,32,37)(H,33,38). The fourth-order valence-corrected chi connectivity index (χ4v) is 4.31. The maximum atomic E-state index is 13.8. The number of carbonyl (C=O) groups is 2. The van der Waals surface area contributed by atoms with E-state index in [9.17, 15) is 14.0 Å². The van der Waals surface area contributed by atoms with E-state index in [0.29, 0.717) is 49.5 Å². The van der Waals surface area contributed by atoms with Gasteiger partial charge in [0, 0.05) is 39.3 Å². The van der Waals surface area contributed by atoms with Gasteiger partial charge < -0.3 is 29.8 Å². The van der Waals surface area contributed by atoms with Gasteiger partial charge in [0.2, 0.25) is 5.76 Å². The summed E-state index contributed by atoms with van der Waals surface area (Å²) in [4.78, 5) is 40.2. The van der Waals surface area contributed by atoms with Crippen molar-refractivity contribution in [3.05, 3.63) is 59.9 Å². The van der Waals surface area contributed by atoms with Crippen LogP contribution in [0.3, 0.4) is 0 Å². The first-order valence-electron chi connectivity index (χ1n) is 13.3. The van der Waals surface area contributed by atoms with Gasteiger partial charge in [-0.3, -0.25) is 4.79 Å². The number of para-hydroxylation sites is 1. The van der Waals surface area contributed by atoms with E-state index in [2.05, 4.69) is 39.3 Å². The highest BCUT2D eigenvalue weighted by atomic mass is 19.1. The van der Waals surface area contributed by atoms with Crippen molar-refractivity contribution in [2.45, 2.75) is 34.1 Å². The molecule has 1 unspecified atom stereocenters. The molecule has 1 aliphatic heterocycles. The van der Waals surface area contributed by atoms with E-state index in [0.717, 1.165) is 25.3 Å². The Balaban J connectivity index is 1.31. The minimum atomic E-state index is -0.468. The van der Waals surface area contributed by atoms with E-state index < -0.39 is 5.82 Å². The van der Waals surface area contributed by atoms with Crippen molar-refractivity contribution in [1.29, 1.82) is 0 Å². The molecule has 0 spiro atoms. The molecular formula is C28H36FN7O3. The van der Waals surface area contributed by atoms with Crippen LogP contribution in [0, 0.1) is 18.7 Å². The molecular weight excluding hydrogens is 501 g/mol. The van der Waals surface area contributed by atoms with Gasteiger partial charge >= 0.3 is 6.03 Å². The number of rotatable bonds is 9. The Morgan fingerprint density at radius 3 is 2.49 bits per heavy atom. The molecule has 1 fully saturated rings. The van der Waals surface area contributed by atoms with Crippen LogP contribution in [0.4, 0.5) is 32.4 Å². The highest BCUT2D eigenvalue weighted by Crippen LogP contribution is 2.22. The third-order valence-electron chi connectivity index (χ3n) is 6.88. The molecule has 2 aromatic heterocycles. The highest BCUT2D eigenvalue weighted by Gasteiger charge is 2.24. The number of halogens is 1. The fraction of sp³-hybridized carbons (Fsp3) is 0.429. The minimum absolute atomic E-state index is 0.162. The number of hydrogen-bond donors (Lipinski definition) is 2. The topological polar surface area (TPSA) is 107 Å². The molecule has 208 valence electrons. The molecule has 0 radical (unpaired) electrons. The van der Waals surface area contributed by atoms with Crippen LogP contribution in [0.15, 0.2) is 47.0 Å². The van der Waals surface area contributed by atoms with Crippen molar-refractivity contribution in [3.63, 3.8) is 0 Å². The SMILES string of the molecule is CCC(C)CN(CC)c1nc(C)c(C(=O)Nc2ccc(N3CCN(C(=O)Nc4ccccc4F)CC3)nc2)o1. The summed E-state index contributed by atoms with van der Waals surface area (Å²) in [6.45, 7) is 11.8. The van der Waals surface area contributed by atoms with E-state index in [-0.39, 0.29) is 23.4 Å². The molecule has 2 N–H and O–H groups in total. The Bertz CT molecular complexity index is 1270. The zero-order valence-corrected chi connectivity index (χ0v) is 22.9. The van der Waals surface area contributed by atoms with Gasteiger partial charge in [0.25, 0.3) is 11.9 Å². The summed E-state index contributed by atoms with van der Waals surface area (Å²) in [5.41, 5.74) is 1.23. The number of nitrogens with one attached hydrogen (secondary N) is 2. The second kappa shape index (κ2) is 12.6. The summed E-state index contributed by atoms with van der Waals surface area (Å²) in [6, 6.07) is 9.82. The Kier molecular flexibility index (Phi) is 9.00. The fourth-order valence-electron chi connectivity index (χ4n) is 4.31. The lowest BCUT2D eigenvalue weighted by Gasteiger charge is -2.35. The van der Waals surface area contributed by atoms with E-state index in [1.807, 2.05) is 17.9 Å². The molecule has 0 saturated carbocycles. The van der Waals surface area contributed by atoms with Crippen molar-refractivity contribution < 1.29 is 18.4 Å². The van der Waals surface area contributed by atoms with Crippen LogP contribution in [-0.4, -0.2) is 66.1 Å². The maximum Gasteiger partial charge on any atom is 0.322 e. The summed E-state index contributed by atoms with van der Waals surface area (Å²) in [6.07, 6.45) is 2.64. The molecule has 0 aliphatic carbocycles. The van der Waals surface area contributed by atoms with Gasteiger partial charge in [0.15, 0.2) is 0 Å². The largest absolute Gasteiger partial charge is 0.418 e. The number of carbonyl (C=O) groups excluding carboxylic acids is 2. The van der Waals surface area contributed by atoms with Crippen molar-refractivity contribution in [1.82, 2.24) is 14.9 Å². The molecule has 3 aromatic rings. The number of aryl methyl sites for hydroxylation is 1. The third kappa shape index (κ3) is 6.84. The lowest BCUT2D eigenvalue weighted by molar-refractivity contribution is 0.0996. The zero-order chi connectivity index (χ0) is 27.9. The number of anilines is 4. The molecule has 3 amide bonds. The molecule has 1 aliphatic rings. The average Bonchev–Trinajstić information content (AvgIpc) is 3.34. The van der Waals surface area contributed by atoms with Gasteiger partial charge in [-0.15, -0.1) is 0 Å². The predicted molar refractivity (Wildman–Crippen MR) is 150 cm³/mol. The van der Waals surface area contributed by atoms with Gasteiger partial charge in [0.1, 0.15) is 11.6 Å². The lowest BCUT2D eigenvalue weighted by atomic mass is 10.1. The maximum absolute atomic E-state index is 13.8. The second-order valence-electron chi connectivity index (χ2n) is 9.71. The molecule has 10 nitrogen and oxygen atoms in total. The number of aromatic nitrogens is 2. The number of oxazole rings is 1. The lowest BCUT2D eigenvalue weighted by Crippen LogP contribution is -2.50. The number of hydrogen-bond acceptors (Lipinski definition) is 7. The first-order chi connectivity index (χ1) is 18.8. The number of piperazine rings is 1. The highest BCUT2D eigenvalue weighted by molar-refractivity contribution is 6.03. The molecule has 3 heterocycles. The van der Waals surface area contributed by atoms with Gasteiger partial charge in [-0.25, -0.2) is 14.2 Å². The van der Waals surface area contributed by atoms with Crippen LogP contribution < -0.4 is 20.4 Å². The van der Waals surface area contributed by atoms with Crippen LogP contribution in [0.5, 0.6) is 0 Å². The van der Waals surface area contributed by atoms with Crippen LogP contribution in [0.1, 0.15) is 43.4 Å². The summed E-state index contributed by atoms with van der Waals surface area (Å²) in [7, 11) is 0. The van der Waals surface area contributed by atoms with Crippen molar-refractivity contribution in [2.75, 3.05) is 59.7 Å². The normalized spacial score (nSPS) is 14.2. The number of amides is 3. The number of benzene rings is 1. The Morgan fingerprint density at radius 2 is 1.85 bits per heavy atom. The number of urea groups is 1. The summed E-state index contributed by atoms with van der Waals surface area (Å²) in [5, 5.41) is 5.46. The smallest absolute Gasteiger partial charge is 0.322 e. The quantitative estimate of drug-likeness (QED) is 0.396. The van der Waals surface area contributed by atoms with Crippen LogP contribution >= 0.6 is 0 Å². The van der Waals surface area contributed by atoms with Gasteiger partial charge in [-0.1, -0.05) is 32.4 Å². The van der Waals surface area contributed by atoms with Crippen molar-refractivity contribution in [3.8, 4) is 0 Å². The second-order valence-corrected chi connectivity index (χ2v) is 9.71. The van der Waals surface area contributed by atoms with E-state index in [4.69, 9.17) is 4.42 Å². The number of nitrogens with zero attached hydrogens (tertiary/aromatic N) is 5. The Hall–Kier alpha value is -4.15. The zero-order valence-electron chi connectivity index (χ0n) is 22.9. The Labute approximate surface area is 228 Å². The third-order valence-corrected chi connectivity index (χ3v) is 6.88. The molecule has 1 saturated heterocycles. The van der Waals surface area contributed by atoms with E-state index in [1.165, 1.54) is 12.1 Å². The monoisotopic (exact) mass is 537 g/mol. The first-order valence-corrected chi connectivity index (χ1v) is 13.3. The minimum Gasteiger partial charge on any atom is -0.418 e. The summed E-state index contributed by atoms with van der Waals surface area (Å²) >= 11 is 0. The van der Waals surface area contributed by atoms with Gasteiger partial charge in [-0.05, 0) is 44.0 Å². The van der Waals surface area contributed by atoms with Crippen molar-refractivity contribution in [2.24, 2.45) is 5.92 Å². The van der Waals surface area contributed by atoms with Gasteiger partial charge in [0.05, 0.1) is 23.3 Å². The molecule has 1 atom stereocenters. The number of pyridine rings is 1. The first kappa shape index (κ1) is 27.9. The molecule has 11 heteroatoms. The van der Waals surface area contributed by atoms with Crippen LogP contribution in [-0.2, 0) is 0 Å². The molecule has 0 bridgehead atoms. The van der Waals surface area contributed by atoms with Crippen molar-refractivity contribution >= 4 is 35.1 Å². The van der Waals surface area contributed by atoms with Crippen LogP contribution in [0.25, 0.3) is 0 Å². The average molecular weight is 538 g/mol. The summed E-state index contributed by atoms with van der Waals surface area (Å²) in [5.74, 6) is 0.558. The van der Waals surface area contributed by atoms with E-state index >= 15 is 0 Å². The summed E-state index contributed by atoms with van der Waals surface area (Å²) < 4.78 is 19.7. The molecule has 4 rings (SSSR count). The molecule has 1 aromatic carbocycles. The molecule has 39 heavy (non-hydrogen) atoms. The Morgan fingerprint density at radius 1 is 1.10 bits per heavy atom.